The number of carbonyl (C=O) groups excluding carboxylic acids is 1. The van der Waals surface area contributed by atoms with E-state index in [9.17, 15) is 13.2 Å². The van der Waals surface area contributed by atoms with E-state index >= 15 is 0 Å². The van der Waals surface area contributed by atoms with Crippen molar-refractivity contribution < 1.29 is 17.9 Å². The molecule has 0 bridgehead atoms. The van der Waals surface area contributed by atoms with Crippen LogP contribution in [0, 0.1) is 0 Å². The lowest BCUT2D eigenvalue weighted by Gasteiger charge is -2.11. The van der Waals surface area contributed by atoms with Crippen molar-refractivity contribution in [1.29, 1.82) is 0 Å². The fourth-order valence-electron chi connectivity index (χ4n) is 2.48. The molecule has 6 nitrogen and oxygen atoms in total. The predicted molar refractivity (Wildman–Crippen MR) is 112 cm³/mol. The topological polar surface area (TPSA) is 84.5 Å². The first kappa shape index (κ1) is 19.9. The molecule has 0 saturated heterocycles. The van der Waals surface area contributed by atoms with Gasteiger partial charge in [-0.2, -0.15) is 0 Å². The number of halogens is 1. The zero-order valence-electron chi connectivity index (χ0n) is 14.8. The quantitative estimate of drug-likeness (QED) is 0.566. The molecule has 0 radical (unpaired) electrons. The molecule has 0 atom stereocenters. The van der Waals surface area contributed by atoms with Crippen LogP contribution in [-0.4, -0.2) is 21.4 Å². The lowest BCUT2D eigenvalue weighted by molar-refractivity contribution is 0.102. The van der Waals surface area contributed by atoms with Crippen molar-refractivity contribution in [3.63, 3.8) is 0 Å². The Bertz CT molecular complexity index is 1080. The average molecular weight is 461 g/mol. The zero-order chi connectivity index (χ0) is 20.1. The van der Waals surface area contributed by atoms with Crippen LogP contribution in [0.3, 0.4) is 0 Å². The molecule has 0 fully saturated rings. The van der Waals surface area contributed by atoms with Crippen LogP contribution in [0.25, 0.3) is 0 Å². The standard InChI is InChI=1S/C20H17BrN2O4S/c1-27-19-5-3-2-4-18(19)20(24)22-15-10-12-17(13-11-15)28(25,26)23-16-8-6-14(21)7-9-16/h2-13,23H,1H3,(H,22,24). The Balaban J connectivity index is 1.74. The van der Waals surface area contributed by atoms with Gasteiger partial charge in [0.1, 0.15) is 5.75 Å². The SMILES string of the molecule is COc1ccccc1C(=O)Nc1ccc(S(=O)(=O)Nc2ccc(Br)cc2)cc1. The van der Waals surface area contributed by atoms with Crippen molar-refractivity contribution in [3.8, 4) is 5.75 Å². The van der Waals surface area contributed by atoms with Crippen molar-refractivity contribution >= 4 is 43.2 Å². The van der Waals surface area contributed by atoms with Gasteiger partial charge in [-0.3, -0.25) is 9.52 Å². The van der Waals surface area contributed by atoms with Crippen LogP contribution in [0.2, 0.25) is 0 Å². The normalized spacial score (nSPS) is 10.9. The molecule has 1 amide bonds. The van der Waals surface area contributed by atoms with E-state index in [2.05, 4.69) is 26.0 Å². The highest BCUT2D eigenvalue weighted by molar-refractivity contribution is 9.10. The number of nitrogens with one attached hydrogen (secondary N) is 2. The number of anilines is 2. The third-order valence-corrected chi connectivity index (χ3v) is 5.80. The van der Waals surface area contributed by atoms with Crippen LogP contribution in [0.4, 0.5) is 11.4 Å². The van der Waals surface area contributed by atoms with Crippen LogP contribution in [0.15, 0.2) is 82.2 Å². The number of carbonyl (C=O) groups is 1. The van der Waals surface area contributed by atoms with Crippen molar-refractivity contribution in [1.82, 2.24) is 0 Å². The number of ether oxygens (including phenoxy) is 1. The maximum Gasteiger partial charge on any atom is 0.261 e. The van der Waals surface area contributed by atoms with Gasteiger partial charge in [0, 0.05) is 15.8 Å². The van der Waals surface area contributed by atoms with E-state index in [1.165, 1.54) is 31.4 Å². The molecule has 3 aromatic carbocycles. The summed E-state index contributed by atoms with van der Waals surface area (Å²) in [5, 5.41) is 2.73. The van der Waals surface area contributed by atoms with E-state index in [4.69, 9.17) is 4.74 Å². The van der Waals surface area contributed by atoms with Gasteiger partial charge in [-0.05, 0) is 60.7 Å². The van der Waals surface area contributed by atoms with E-state index in [1.54, 1.807) is 48.5 Å². The summed E-state index contributed by atoms with van der Waals surface area (Å²) in [6.07, 6.45) is 0. The van der Waals surface area contributed by atoms with Crippen molar-refractivity contribution in [2.45, 2.75) is 4.90 Å². The Kier molecular flexibility index (Phi) is 6.01. The Morgan fingerprint density at radius 3 is 2.14 bits per heavy atom. The number of benzene rings is 3. The van der Waals surface area contributed by atoms with Crippen LogP contribution < -0.4 is 14.8 Å². The molecule has 8 heteroatoms. The first-order valence-electron chi connectivity index (χ1n) is 8.22. The molecule has 3 aromatic rings. The minimum absolute atomic E-state index is 0.0886. The Labute approximate surface area is 171 Å². The highest BCUT2D eigenvalue weighted by Gasteiger charge is 2.15. The molecule has 3 rings (SSSR count). The third kappa shape index (κ3) is 4.71. The molecule has 28 heavy (non-hydrogen) atoms. The van der Waals surface area contributed by atoms with E-state index in [1.807, 2.05) is 0 Å². The van der Waals surface area contributed by atoms with E-state index in [0.29, 0.717) is 22.7 Å². The second-order valence-corrected chi connectivity index (χ2v) is 8.39. The van der Waals surface area contributed by atoms with Crippen molar-refractivity contribution in [2.24, 2.45) is 0 Å². The Hall–Kier alpha value is -2.84. The van der Waals surface area contributed by atoms with Crippen LogP contribution in [0.1, 0.15) is 10.4 Å². The third-order valence-electron chi connectivity index (χ3n) is 3.87. The number of para-hydroxylation sites is 1. The summed E-state index contributed by atoms with van der Waals surface area (Å²) in [6.45, 7) is 0. The fourth-order valence-corrected chi connectivity index (χ4v) is 3.80. The van der Waals surface area contributed by atoms with Gasteiger partial charge in [-0.1, -0.05) is 28.1 Å². The molecule has 0 unspecified atom stereocenters. The molecular weight excluding hydrogens is 444 g/mol. The average Bonchev–Trinajstić information content (AvgIpc) is 2.70. The molecule has 0 aliphatic rings. The number of hydrogen-bond acceptors (Lipinski definition) is 4. The van der Waals surface area contributed by atoms with Gasteiger partial charge in [0.25, 0.3) is 15.9 Å². The number of methoxy groups -OCH3 is 1. The van der Waals surface area contributed by atoms with Gasteiger partial charge in [-0.25, -0.2) is 8.42 Å². The number of hydrogen-bond donors (Lipinski definition) is 2. The monoisotopic (exact) mass is 460 g/mol. The van der Waals surface area contributed by atoms with E-state index < -0.39 is 10.0 Å². The molecular formula is C20H17BrN2O4S. The maximum atomic E-state index is 12.5. The predicted octanol–water partition coefficient (Wildman–Crippen LogP) is 4.51. The number of sulfonamides is 1. The summed E-state index contributed by atoms with van der Waals surface area (Å²) in [6, 6.07) is 19.6. The maximum absolute atomic E-state index is 12.5. The van der Waals surface area contributed by atoms with Gasteiger partial charge in [-0.15, -0.1) is 0 Å². The Morgan fingerprint density at radius 2 is 1.50 bits per heavy atom. The molecule has 0 aromatic heterocycles. The highest BCUT2D eigenvalue weighted by atomic mass is 79.9. The van der Waals surface area contributed by atoms with Crippen LogP contribution in [-0.2, 0) is 10.0 Å². The zero-order valence-corrected chi connectivity index (χ0v) is 17.2. The molecule has 0 saturated carbocycles. The smallest absolute Gasteiger partial charge is 0.261 e. The highest BCUT2D eigenvalue weighted by Crippen LogP contribution is 2.22. The van der Waals surface area contributed by atoms with E-state index in [0.717, 1.165) is 4.47 Å². The van der Waals surface area contributed by atoms with E-state index in [-0.39, 0.29) is 10.8 Å². The second-order valence-electron chi connectivity index (χ2n) is 5.79. The van der Waals surface area contributed by atoms with Crippen LogP contribution >= 0.6 is 15.9 Å². The van der Waals surface area contributed by atoms with Crippen molar-refractivity contribution in [3.05, 3.63) is 82.8 Å². The minimum atomic E-state index is -3.73. The summed E-state index contributed by atoms with van der Waals surface area (Å²) in [5.41, 5.74) is 1.31. The molecule has 0 aliphatic heterocycles. The minimum Gasteiger partial charge on any atom is -0.496 e. The molecule has 0 heterocycles. The summed E-state index contributed by atoms with van der Waals surface area (Å²) in [7, 11) is -2.24. The summed E-state index contributed by atoms with van der Waals surface area (Å²) in [4.78, 5) is 12.5. The van der Waals surface area contributed by atoms with Gasteiger partial charge in [0.15, 0.2) is 0 Å². The lowest BCUT2D eigenvalue weighted by atomic mass is 10.2. The summed E-state index contributed by atoms with van der Waals surface area (Å²) < 4.78 is 33.5. The number of rotatable bonds is 6. The second kappa shape index (κ2) is 8.45. The molecule has 0 spiro atoms. The molecule has 0 aliphatic carbocycles. The largest absolute Gasteiger partial charge is 0.496 e. The van der Waals surface area contributed by atoms with Crippen molar-refractivity contribution in [2.75, 3.05) is 17.1 Å². The first-order chi connectivity index (χ1) is 13.4. The summed E-state index contributed by atoms with van der Waals surface area (Å²) >= 11 is 3.30. The molecule has 144 valence electrons. The van der Waals surface area contributed by atoms with Crippen LogP contribution in [0.5, 0.6) is 5.75 Å². The van der Waals surface area contributed by atoms with Gasteiger partial charge < -0.3 is 10.1 Å². The fraction of sp³-hybridized carbons (Fsp3) is 0.0500. The Morgan fingerprint density at radius 1 is 0.893 bits per heavy atom. The lowest BCUT2D eigenvalue weighted by Crippen LogP contribution is -2.14. The van der Waals surface area contributed by atoms with Gasteiger partial charge in [0.05, 0.1) is 17.6 Å². The summed E-state index contributed by atoms with van der Waals surface area (Å²) in [5.74, 6) is 0.110. The number of amides is 1. The molecule has 2 N–H and O–H groups in total. The first-order valence-corrected chi connectivity index (χ1v) is 10.5. The van der Waals surface area contributed by atoms with Gasteiger partial charge >= 0.3 is 0 Å². The van der Waals surface area contributed by atoms with Gasteiger partial charge in [0.2, 0.25) is 0 Å².